The van der Waals surface area contributed by atoms with Gasteiger partial charge < -0.3 is 0 Å². The van der Waals surface area contributed by atoms with E-state index in [2.05, 4.69) is 4.72 Å². The Labute approximate surface area is 128 Å². The van der Waals surface area contributed by atoms with E-state index in [1.807, 2.05) is 0 Å². The van der Waals surface area contributed by atoms with Crippen LogP contribution in [0.1, 0.15) is 42.5 Å². The molecule has 20 heavy (non-hydrogen) atoms. The highest BCUT2D eigenvalue weighted by atomic mass is 35.5. The number of halogens is 2. The summed E-state index contributed by atoms with van der Waals surface area (Å²) < 4.78 is 27.3. The van der Waals surface area contributed by atoms with Crippen LogP contribution in [0, 0.1) is 0 Å². The van der Waals surface area contributed by atoms with Crippen molar-refractivity contribution >= 4 is 38.5 Å². The van der Waals surface area contributed by atoms with Gasteiger partial charge in [0.1, 0.15) is 4.90 Å². The highest BCUT2D eigenvalue weighted by molar-refractivity contribution is 7.89. The van der Waals surface area contributed by atoms with E-state index in [4.69, 9.17) is 23.2 Å². The molecule has 1 N–H and O–H groups in total. The third kappa shape index (κ3) is 3.73. The molecule has 7 heteroatoms. The summed E-state index contributed by atoms with van der Waals surface area (Å²) in [5.74, 6) is 0. The molecular weight excluding hydrogens is 321 g/mol. The molecule has 1 aromatic carbocycles. The number of hydrogen-bond donors (Lipinski definition) is 1. The lowest BCUT2D eigenvalue weighted by molar-refractivity contribution is 0.108. The molecule has 0 heterocycles. The third-order valence-corrected chi connectivity index (χ3v) is 5.59. The smallest absolute Gasteiger partial charge is 0.252 e. The Morgan fingerprint density at radius 1 is 1.20 bits per heavy atom. The molecular formula is C13H15Cl2NO3S. The Bertz CT molecular complexity index is 610. The SMILES string of the molecule is O=C(Cl)c1ccc(Cl)c(S(=O)(=O)NC2CCCCC2)c1. The van der Waals surface area contributed by atoms with Gasteiger partial charge in [0.05, 0.1) is 5.02 Å². The summed E-state index contributed by atoms with van der Waals surface area (Å²) in [4.78, 5) is 11.0. The van der Waals surface area contributed by atoms with E-state index >= 15 is 0 Å². The molecule has 0 aromatic heterocycles. The largest absolute Gasteiger partial charge is 0.276 e. The lowest BCUT2D eigenvalue weighted by atomic mass is 9.96. The first-order chi connectivity index (χ1) is 9.40. The van der Waals surface area contributed by atoms with Crippen molar-refractivity contribution in [2.24, 2.45) is 0 Å². The van der Waals surface area contributed by atoms with E-state index in [-0.39, 0.29) is 21.5 Å². The number of benzene rings is 1. The average molecular weight is 336 g/mol. The fourth-order valence-corrected chi connectivity index (χ4v) is 4.28. The first-order valence-corrected chi connectivity index (χ1v) is 8.66. The maximum atomic E-state index is 12.3. The van der Waals surface area contributed by atoms with Gasteiger partial charge in [-0.1, -0.05) is 30.9 Å². The topological polar surface area (TPSA) is 63.2 Å². The van der Waals surface area contributed by atoms with E-state index in [1.54, 1.807) is 0 Å². The molecule has 1 aliphatic rings. The monoisotopic (exact) mass is 335 g/mol. The van der Waals surface area contributed by atoms with Crippen LogP contribution < -0.4 is 4.72 Å². The van der Waals surface area contributed by atoms with Crippen LogP contribution in [0.3, 0.4) is 0 Å². The highest BCUT2D eigenvalue weighted by Crippen LogP contribution is 2.25. The van der Waals surface area contributed by atoms with Gasteiger partial charge in [-0.15, -0.1) is 0 Å². The van der Waals surface area contributed by atoms with Crippen molar-refractivity contribution in [1.82, 2.24) is 4.72 Å². The van der Waals surface area contributed by atoms with Crippen LogP contribution in [0.4, 0.5) is 0 Å². The quantitative estimate of drug-likeness (QED) is 0.858. The minimum atomic E-state index is -3.74. The van der Waals surface area contributed by atoms with Crippen LogP contribution in [0.15, 0.2) is 23.1 Å². The maximum absolute atomic E-state index is 12.3. The van der Waals surface area contributed by atoms with E-state index in [0.717, 1.165) is 32.1 Å². The molecule has 0 bridgehead atoms. The summed E-state index contributed by atoms with van der Waals surface area (Å²) in [6.45, 7) is 0. The number of nitrogens with one attached hydrogen (secondary N) is 1. The second-order valence-electron chi connectivity index (χ2n) is 4.88. The van der Waals surface area contributed by atoms with Gasteiger partial charge in [-0.05, 0) is 42.6 Å². The normalized spacial score (nSPS) is 17.1. The van der Waals surface area contributed by atoms with Gasteiger partial charge in [-0.3, -0.25) is 4.79 Å². The molecule has 1 aliphatic carbocycles. The molecule has 1 saturated carbocycles. The molecule has 0 atom stereocenters. The summed E-state index contributed by atoms with van der Waals surface area (Å²) in [6.07, 6.45) is 4.81. The molecule has 0 radical (unpaired) electrons. The molecule has 1 aromatic rings. The fraction of sp³-hybridized carbons (Fsp3) is 0.462. The Morgan fingerprint density at radius 2 is 1.85 bits per heavy atom. The minimum Gasteiger partial charge on any atom is -0.276 e. The zero-order chi connectivity index (χ0) is 14.8. The number of sulfonamides is 1. The van der Waals surface area contributed by atoms with Crippen molar-refractivity contribution < 1.29 is 13.2 Å². The van der Waals surface area contributed by atoms with Crippen molar-refractivity contribution in [3.63, 3.8) is 0 Å². The Kier molecular flexibility index (Phi) is 5.07. The summed E-state index contributed by atoms with van der Waals surface area (Å²) in [7, 11) is -3.74. The van der Waals surface area contributed by atoms with E-state index < -0.39 is 15.3 Å². The van der Waals surface area contributed by atoms with Gasteiger partial charge in [-0.2, -0.15) is 0 Å². The maximum Gasteiger partial charge on any atom is 0.252 e. The number of hydrogen-bond acceptors (Lipinski definition) is 3. The molecule has 0 spiro atoms. The zero-order valence-corrected chi connectivity index (χ0v) is 13.1. The van der Waals surface area contributed by atoms with Crippen molar-refractivity contribution in [2.45, 2.75) is 43.0 Å². The molecule has 2 rings (SSSR count). The predicted octanol–water partition coefficient (Wildman–Crippen LogP) is 3.33. The van der Waals surface area contributed by atoms with Crippen molar-refractivity contribution in [3.8, 4) is 0 Å². The minimum absolute atomic E-state index is 0.0693. The van der Waals surface area contributed by atoms with Gasteiger partial charge in [0.2, 0.25) is 10.0 Å². The van der Waals surface area contributed by atoms with Crippen molar-refractivity contribution in [3.05, 3.63) is 28.8 Å². The van der Waals surface area contributed by atoms with Crippen LogP contribution in [0.5, 0.6) is 0 Å². The molecule has 0 aliphatic heterocycles. The van der Waals surface area contributed by atoms with Crippen molar-refractivity contribution in [2.75, 3.05) is 0 Å². The van der Waals surface area contributed by atoms with E-state index in [1.165, 1.54) is 18.2 Å². The first-order valence-electron chi connectivity index (χ1n) is 6.42. The second-order valence-corrected chi connectivity index (χ2v) is 7.31. The first kappa shape index (κ1) is 15.8. The summed E-state index contributed by atoms with van der Waals surface area (Å²) in [5.41, 5.74) is 0.111. The lowest BCUT2D eigenvalue weighted by Crippen LogP contribution is -2.36. The number of rotatable bonds is 4. The third-order valence-electron chi connectivity index (χ3n) is 3.37. The Hall–Kier alpha value is -0.620. The van der Waals surface area contributed by atoms with Crippen LogP contribution >= 0.6 is 23.2 Å². The predicted molar refractivity (Wildman–Crippen MR) is 78.8 cm³/mol. The molecule has 4 nitrogen and oxygen atoms in total. The van der Waals surface area contributed by atoms with Crippen LogP contribution in [0.2, 0.25) is 5.02 Å². The van der Waals surface area contributed by atoms with Gasteiger partial charge >= 0.3 is 0 Å². The summed E-state index contributed by atoms with van der Waals surface area (Å²) in [5, 5.41) is -0.634. The van der Waals surface area contributed by atoms with Crippen LogP contribution in [-0.4, -0.2) is 19.7 Å². The van der Waals surface area contributed by atoms with E-state index in [0.29, 0.717) is 0 Å². The molecule has 0 saturated heterocycles. The second kappa shape index (κ2) is 6.43. The van der Waals surface area contributed by atoms with Gasteiger partial charge in [0.15, 0.2) is 0 Å². The number of carbonyl (C=O) groups excluding carboxylic acids is 1. The molecule has 1 fully saturated rings. The highest BCUT2D eigenvalue weighted by Gasteiger charge is 2.24. The molecule has 110 valence electrons. The summed E-state index contributed by atoms with van der Waals surface area (Å²) in [6, 6.07) is 3.91. The van der Waals surface area contributed by atoms with E-state index in [9.17, 15) is 13.2 Å². The number of carbonyl (C=O) groups is 1. The Morgan fingerprint density at radius 3 is 2.45 bits per heavy atom. The van der Waals surface area contributed by atoms with Gasteiger partial charge in [-0.25, -0.2) is 13.1 Å². The van der Waals surface area contributed by atoms with Crippen LogP contribution in [0.25, 0.3) is 0 Å². The van der Waals surface area contributed by atoms with Crippen molar-refractivity contribution in [1.29, 1.82) is 0 Å². The standard InChI is InChI=1S/C13H15Cl2NO3S/c14-11-7-6-9(13(15)17)8-12(11)20(18,19)16-10-4-2-1-3-5-10/h6-8,10,16H,1-5H2. The zero-order valence-electron chi connectivity index (χ0n) is 10.7. The van der Waals surface area contributed by atoms with Gasteiger partial charge in [0, 0.05) is 11.6 Å². The molecule has 0 unspecified atom stereocenters. The van der Waals surface area contributed by atoms with Gasteiger partial charge in [0.25, 0.3) is 5.24 Å². The lowest BCUT2D eigenvalue weighted by Gasteiger charge is -2.22. The van der Waals surface area contributed by atoms with Crippen LogP contribution in [-0.2, 0) is 10.0 Å². The summed E-state index contributed by atoms with van der Waals surface area (Å²) >= 11 is 11.3. The molecule has 0 amide bonds. The Balaban J connectivity index is 2.28. The average Bonchev–Trinajstić information content (AvgIpc) is 2.39. The fourth-order valence-electron chi connectivity index (χ4n) is 2.33.